The van der Waals surface area contributed by atoms with E-state index in [0.717, 1.165) is 60.7 Å². The number of benzene rings is 8. The minimum Gasteiger partial charge on any atom is -0.456 e. The molecule has 0 amide bonds. The van der Waals surface area contributed by atoms with E-state index in [9.17, 15) is 0 Å². The van der Waals surface area contributed by atoms with Gasteiger partial charge in [0.15, 0.2) is 0 Å². The third kappa shape index (κ3) is 3.78. The highest BCUT2D eigenvalue weighted by Gasteiger charge is 2.21. The molecule has 0 unspecified atom stereocenters. The Labute approximate surface area is 280 Å². The van der Waals surface area contributed by atoms with E-state index in [-0.39, 0.29) is 0 Å². The summed E-state index contributed by atoms with van der Waals surface area (Å²) in [6.45, 7) is 0. The minimum atomic E-state index is 0.818. The fourth-order valence-corrected chi connectivity index (χ4v) is 8.07. The summed E-state index contributed by atoms with van der Waals surface area (Å²) in [7, 11) is 0. The Morgan fingerprint density at radius 1 is 0.347 bits per heavy atom. The van der Waals surface area contributed by atoms with Gasteiger partial charge in [-0.15, -0.1) is 0 Å². The zero-order chi connectivity index (χ0) is 32.1. The van der Waals surface area contributed by atoms with Gasteiger partial charge in [-0.25, -0.2) is 0 Å². The quantitative estimate of drug-likeness (QED) is 0.183. The second-order valence-corrected chi connectivity index (χ2v) is 12.9. The summed E-state index contributed by atoms with van der Waals surface area (Å²) in [5, 5.41) is 10.5. The summed E-state index contributed by atoms with van der Waals surface area (Å²) in [4.78, 5) is 0. The monoisotopic (exact) mass is 625 g/mol. The molecule has 0 aliphatic rings. The lowest BCUT2D eigenvalue weighted by Gasteiger charge is -2.17. The average molecular weight is 626 g/mol. The second-order valence-electron chi connectivity index (χ2n) is 12.9. The number of fused-ring (bicyclic) bond motifs is 9. The molecule has 49 heavy (non-hydrogen) atoms. The van der Waals surface area contributed by atoms with Crippen molar-refractivity contribution in [2.24, 2.45) is 0 Å². The molecule has 11 aromatic rings. The van der Waals surface area contributed by atoms with Crippen molar-refractivity contribution < 1.29 is 8.83 Å². The fourth-order valence-electron chi connectivity index (χ4n) is 8.07. The largest absolute Gasteiger partial charge is 0.456 e. The molecule has 0 N–H and O–H groups in total. The number of rotatable bonds is 3. The number of hydrogen-bond donors (Lipinski definition) is 0. The van der Waals surface area contributed by atoms with E-state index in [0.29, 0.717) is 0 Å². The Bertz CT molecular complexity index is 3050. The fraction of sp³-hybridized carbons (Fsp3) is 0. The van der Waals surface area contributed by atoms with Crippen molar-refractivity contribution in [2.75, 3.05) is 0 Å². The van der Waals surface area contributed by atoms with Crippen molar-refractivity contribution in [2.45, 2.75) is 0 Å². The van der Waals surface area contributed by atoms with Crippen molar-refractivity contribution in [3.63, 3.8) is 0 Å². The average Bonchev–Trinajstić information content (AvgIpc) is 3.83. The maximum Gasteiger partial charge on any atom is 0.139 e. The van der Waals surface area contributed by atoms with E-state index in [4.69, 9.17) is 8.83 Å². The van der Waals surface area contributed by atoms with Gasteiger partial charge in [-0.3, -0.25) is 0 Å². The maximum absolute atomic E-state index is 6.71. The van der Waals surface area contributed by atoms with Crippen LogP contribution in [-0.2, 0) is 0 Å². The van der Waals surface area contributed by atoms with Crippen LogP contribution in [0.25, 0.3) is 104 Å². The predicted molar refractivity (Wildman–Crippen MR) is 204 cm³/mol. The highest BCUT2D eigenvalue weighted by Crippen LogP contribution is 2.46. The smallest absolute Gasteiger partial charge is 0.139 e. The summed E-state index contributed by atoms with van der Waals surface area (Å²) < 4.78 is 15.3. The van der Waals surface area contributed by atoms with Crippen LogP contribution in [0.3, 0.4) is 0 Å². The summed E-state index contributed by atoms with van der Waals surface area (Å²) in [5.74, 6) is 0.852. The van der Waals surface area contributed by atoms with Gasteiger partial charge in [0.25, 0.3) is 0 Å². The second kappa shape index (κ2) is 9.96. The SMILES string of the molecule is c1ccc(-n2c3ccccc3c3ccc(-c4c5ccccc5c(-c5cc6cc7c(cc6o5)oc5ccccc57)c5ccccc45)cc32)cc1. The number of hydrogen-bond acceptors (Lipinski definition) is 2. The Kier molecular flexibility index (Phi) is 5.38. The van der Waals surface area contributed by atoms with E-state index >= 15 is 0 Å². The standard InChI is InChI=1S/C46H27NO2/c1-2-12-30(13-3-1)47-39-20-10-8-14-31(39)32-23-22-28(25-40(32)47)45-34-16-4-6-18-36(34)46(37-19-7-5-17-35(37)45)44-26-29-24-38-33-15-9-11-21-41(33)48-43(38)27-42(29)49-44/h1-27H. The van der Waals surface area contributed by atoms with Gasteiger partial charge in [-0.2, -0.15) is 0 Å². The van der Waals surface area contributed by atoms with Crippen LogP contribution < -0.4 is 0 Å². The van der Waals surface area contributed by atoms with Gasteiger partial charge in [0.2, 0.25) is 0 Å². The zero-order valence-electron chi connectivity index (χ0n) is 26.4. The molecule has 3 aromatic heterocycles. The topological polar surface area (TPSA) is 31.2 Å². The Morgan fingerprint density at radius 2 is 0.959 bits per heavy atom. The van der Waals surface area contributed by atoms with E-state index < -0.39 is 0 Å². The van der Waals surface area contributed by atoms with Crippen LogP contribution in [0.5, 0.6) is 0 Å². The number of para-hydroxylation sites is 3. The third-order valence-electron chi connectivity index (χ3n) is 10.2. The molecule has 0 bridgehead atoms. The lowest BCUT2D eigenvalue weighted by molar-refractivity contribution is 0.629. The molecule has 0 saturated heterocycles. The van der Waals surface area contributed by atoms with Gasteiger partial charge < -0.3 is 13.4 Å². The van der Waals surface area contributed by atoms with Crippen molar-refractivity contribution in [3.05, 3.63) is 164 Å². The van der Waals surface area contributed by atoms with E-state index in [1.54, 1.807) is 0 Å². The molecule has 0 fully saturated rings. The van der Waals surface area contributed by atoms with Gasteiger partial charge in [-0.05, 0) is 75.1 Å². The lowest BCUT2D eigenvalue weighted by Crippen LogP contribution is -1.94. The van der Waals surface area contributed by atoms with E-state index in [1.807, 2.05) is 18.2 Å². The van der Waals surface area contributed by atoms with Gasteiger partial charge in [0.1, 0.15) is 22.5 Å². The maximum atomic E-state index is 6.71. The van der Waals surface area contributed by atoms with Crippen LogP contribution in [-0.4, -0.2) is 4.57 Å². The first-order valence-electron chi connectivity index (χ1n) is 16.7. The Balaban J connectivity index is 1.19. The molecule has 0 radical (unpaired) electrons. The molecule has 11 rings (SSSR count). The van der Waals surface area contributed by atoms with Crippen molar-refractivity contribution in [1.29, 1.82) is 0 Å². The van der Waals surface area contributed by atoms with Crippen LogP contribution in [0.4, 0.5) is 0 Å². The van der Waals surface area contributed by atoms with Crippen LogP contribution in [0.15, 0.2) is 173 Å². The normalized spacial score (nSPS) is 12.1. The van der Waals surface area contributed by atoms with E-state index in [2.05, 4.69) is 150 Å². The minimum absolute atomic E-state index is 0.818. The predicted octanol–water partition coefficient (Wildman–Crippen LogP) is 13.1. The summed E-state index contributed by atoms with van der Waals surface area (Å²) in [6, 6.07) is 58.4. The van der Waals surface area contributed by atoms with Gasteiger partial charge in [0, 0.05) is 44.2 Å². The highest BCUT2D eigenvalue weighted by molar-refractivity contribution is 6.22. The van der Waals surface area contributed by atoms with Crippen molar-refractivity contribution >= 4 is 76.3 Å². The number of aromatic nitrogens is 1. The molecule has 0 aliphatic carbocycles. The van der Waals surface area contributed by atoms with Crippen LogP contribution in [0, 0.1) is 0 Å². The Hall–Kier alpha value is -6.58. The van der Waals surface area contributed by atoms with Crippen LogP contribution in [0.1, 0.15) is 0 Å². The molecule has 0 saturated carbocycles. The first-order valence-corrected chi connectivity index (χ1v) is 16.7. The first-order chi connectivity index (χ1) is 24.3. The molecule has 228 valence electrons. The van der Waals surface area contributed by atoms with E-state index in [1.165, 1.54) is 43.7 Å². The molecule has 8 aromatic carbocycles. The number of furan rings is 2. The van der Waals surface area contributed by atoms with Crippen molar-refractivity contribution in [3.8, 4) is 28.1 Å². The molecule has 3 heterocycles. The zero-order valence-corrected chi connectivity index (χ0v) is 26.4. The number of nitrogens with zero attached hydrogens (tertiary/aromatic N) is 1. The summed E-state index contributed by atoms with van der Waals surface area (Å²) in [6.07, 6.45) is 0. The Morgan fingerprint density at radius 3 is 1.71 bits per heavy atom. The first kappa shape index (κ1) is 26.5. The molecule has 3 heteroatoms. The highest BCUT2D eigenvalue weighted by atomic mass is 16.3. The molecule has 0 spiro atoms. The molecule has 0 aliphatic heterocycles. The third-order valence-corrected chi connectivity index (χ3v) is 10.2. The van der Waals surface area contributed by atoms with Crippen LogP contribution in [0.2, 0.25) is 0 Å². The molecular weight excluding hydrogens is 599 g/mol. The molecular formula is C46H27NO2. The van der Waals surface area contributed by atoms with Gasteiger partial charge >= 0.3 is 0 Å². The van der Waals surface area contributed by atoms with Crippen molar-refractivity contribution in [1.82, 2.24) is 4.57 Å². The van der Waals surface area contributed by atoms with Crippen LogP contribution >= 0.6 is 0 Å². The summed E-state index contributed by atoms with van der Waals surface area (Å²) in [5.41, 5.74) is 9.60. The molecule has 3 nitrogen and oxygen atoms in total. The summed E-state index contributed by atoms with van der Waals surface area (Å²) >= 11 is 0. The van der Waals surface area contributed by atoms with Gasteiger partial charge in [-0.1, -0.05) is 115 Å². The van der Waals surface area contributed by atoms with Gasteiger partial charge in [0.05, 0.1) is 11.0 Å². The lowest BCUT2D eigenvalue weighted by atomic mass is 9.87. The molecule has 0 atom stereocenters.